The summed E-state index contributed by atoms with van der Waals surface area (Å²) in [5.41, 5.74) is 5.57. The largest absolute Gasteiger partial charge is 0.393 e. The normalized spacial score (nSPS) is 9.75. The Balaban J connectivity index is 3.17. The van der Waals surface area contributed by atoms with E-state index in [0.717, 1.165) is 4.90 Å². The van der Waals surface area contributed by atoms with Crippen LogP contribution in [-0.2, 0) is 0 Å². The molecule has 1 aromatic rings. The minimum atomic E-state index is -0.477. The number of hydrogen-bond acceptors (Lipinski definition) is 4. The second-order valence-electron chi connectivity index (χ2n) is 2.18. The Bertz CT molecular complexity index is 314. The molecule has 0 aliphatic carbocycles. The molecule has 5 heteroatoms. The van der Waals surface area contributed by atoms with Crippen molar-refractivity contribution < 1.29 is 4.92 Å². The molecule has 0 spiro atoms. The van der Waals surface area contributed by atoms with Gasteiger partial charge in [0.1, 0.15) is 5.69 Å². The van der Waals surface area contributed by atoms with Crippen molar-refractivity contribution in [2.75, 3.05) is 12.0 Å². The van der Waals surface area contributed by atoms with E-state index < -0.39 is 4.92 Å². The fourth-order valence-electron chi connectivity index (χ4n) is 0.809. The molecular weight excluding hydrogens is 176 g/mol. The first kappa shape index (κ1) is 8.86. The van der Waals surface area contributed by atoms with Crippen LogP contribution in [0.3, 0.4) is 0 Å². The molecule has 0 fully saturated rings. The van der Waals surface area contributed by atoms with Crippen molar-refractivity contribution in [2.45, 2.75) is 4.90 Å². The Morgan fingerprint density at radius 1 is 1.58 bits per heavy atom. The number of benzene rings is 1. The van der Waals surface area contributed by atoms with Crippen molar-refractivity contribution in [3.63, 3.8) is 0 Å². The SMILES string of the molecule is CSc1ccc(N)c([N+](=O)[O-])c1. The molecule has 0 aliphatic heterocycles. The van der Waals surface area contributed by atoms with E-state index in [0.29, 0.717) is 0 Å². The van der Waals surface area contributed by atoms with E-state index in [2.05, 4.69) is 0 Å². The van der Waals surface area contributed by atoms with Crippen LogP contribution in [0, 0.1) is 10.1 Å². The first-order valence-electron chi connectivity index (χ1n) is 3.23. The highest BCUT2D eigenvalue weighted by Gasteiger charge is 2.10. The fourth-order valence-corrected chi connectivity index (χ4v) is 1.24. The summed E-state index contributed by atoms with van der Waals surface area (Å²) in [4.78, 5) is 10.8. The van der Waals surface area contributed by atoms with Crippen LogP contribution in [-0.4, -0.2) is 11.2 Å². The van der Waals surface area contributed by atoms with E-state index in [4.69, 9.17) is 5.73 Å². The van der Waals surface area contributed by atoms with E-state index in [1.54, 1.807) is 12.1 Å². The molecule has 0 heterocycles. The topological polar surface area (TPSA) is 69.2 Å². The summed E-state index contributed by atoms with van der Waals surface area (Å²) in [5, 5.41) is 10.4. The predicted molar refractivity (Wildman–Crippen MR) is 49.3 cm³/mol. The molecule has 0 saturated carbocycles. The van der Waals surface area contributed by atoms with E-state index >= 15 is 0 Å². The van der Waals surface area contributed by atoms with Gasteiger partial charge in [0.05, 0.1) is 4.92 Å². The van der Waals surface area contributed by atoms with E-state index in [1.165, 1.54) is 17.8 Å². The van der Waals surface area contributed by atoms with Gasteiger partial charge in [-0.1, -0.05) is 0 Å². The maximum absolute atomic E-state index is 10.4. The van der Waals surface area contributed by atoms with E-state index in [9.17, 15) is 10.1 Å². The molecule has 0 atom stereocenters. The van der Waals surface area contributed by atoms with Crippen molar-refractivity contribution in [1.82, 2.24) is 0 Å². The number of thioether (sulfide) groups is 1. The highest BCUT2D eigenvalue weighted by molar-refractivity contribution is 7.98. The zero-order valence-electron chi connectivity index (χ0n) is 6.48. The lowest BCUT2D eigenvalue weighted by Gasteiger charge is -1.98. The Morgan fingerprint density at radius 2 is 2.25 bits per heavy atom. The zero-order valence-corrected chi connectivity index (χ0v) is 7.30. The molecule has 4 nitrogen and oxygen atoms in total. The number of nitrogen functional groups attached to an aromatic ring is 1. The monoisotopic (exact) mass is 184 g/mol. The maximum Gasteiger partial charge on any atom is 0.293 e. The highest BCUT2D eigenvalue weighted by Crippen LogP contribution is 2.26. The van der Waals surface area contributed by atoms with E-state index in [1.807, 2.05) is 6.26 Å². The number of hydrogen-bond donors (Lipinski definition) is 1. The van der Waals surface area contributed by atoms with Gasteiger partial charge in [0, 0.05) is 11.0 Å². The summed E-state index contributed by atoms with van der Waals surface area (Å²) in [6, 6.07) is 4.77. The molecule has 0 unspecified atom stereocenters. The maximum atomic E-state index is 10.4. The van der Waals surface area contributed by atoms with Gasteiger partial charge < -0.3 is 5.73 Å². The summed E-state index contributed by atoms with van der Waals surface area (Å²) >= 11 is 1.45. The molecule has 12 heavy (non-hydrogen) atoms. The van der Waals surface area contributed by atoms with Crippen LogP contribution in [0.1, 0.15) is 0 Å². The van der Waals surface area contributed by atoms with Crippen molar-refractivity contribution in [3.05, 3.63) is 28.3 Å². The third kappa shape index (κ3) is 1.68. The fraction of sp³-hybridized carbons (Fsp3) is 0.143. The minimum absolute atomic E-state index is 0.0261. The molecule has 1 aromatic carbocycles. The molecule has 0 aliphatic rings. The molecule has 0 saturated heterocycles. The summed E-state index contributed by atoms with van der Waals surface area (Å²) < 4.78 is 0. The van der Waals surface area contributed by atoms with Crippen LogP contribution in [0.5, 0.6) is 0 Å². The lowest BCUT2D eigenvalue weighted by Crippen LogP contribution is -1.95. The van der Waals surface area contributed by atoms with Crippen molar-refractivity contribution in [2.24, 2.45) is 0 Å². The molecule has 0 radical (unpaired) electrons. The molecule has 0 amide bonds. The summed E-state index contributed by atoms with van der Waals surface area (Å²) in [6.45, 7) is 0. The smallest absolute Gasteiger partial charge is 0.293 e. The molecule has 2 N–H and O–H groups in total. The van der Waals surface area contributed by atoms with Crippen LogP contribution in [0.15, 0.2) is 23.1 Å². The Kier molecular flexibility index (Phi) is 2.54. The lowest BCUT2D eigenvalue weighted by atomic mass is 10.3. The summed E-state index contributed by atoms with van der Waals surface area (Å²) in [5.74, 6) is 0. The lowest BCUT2D eigenvalue weighted by molar-refractivity contribution is -0.384. The number of rotatable bonds is 2. The second kappa shape index (κ2) is 3.44. The minimum Gasteiger partial charge on any atom is -0.393 e. The average molecular weight is 184 g/mol. The van der Waals surface area contributed by atoms with Gasteiger partial charge in [-0.3, -0.25) is 10.1 Å². The van der Waals surface area contributed by atoms with Crippen LogP contribution < -0.4 is 5.73 Å². The van der Waals surface area contributed by atoms with Gasteiger partial charge in [0.2, 0.25) is 0 Å². The molecule has 0 aromatic heterocycles. The molecule has 64 valence electrons. The van der Waals surface area contributed by atoms with Gasteiger partial charge >= 0.3 is 0 Å². The number of anilines is 1. The van der Waals surface area contributed by atoms with Crippen LogP contribution in [0.2, 0.25) is 0 Å². The first-order chi connectivity index (χ1) is 5.65. The molecular formula is C7H8N2O2S. The Labute approximate surface area is 73.9 Å². The summed E-state index contributed by atoms with van der Waals surface area (Å²) in [7, 11) is 0. The van der Waals surface area contributed by atoms with Crippen LogP contribution in [0.25, 0.3) is 0 Å². The number of nitro benzene ring substituents is 1. The summed E-state index contributed by atoms with van der Waals surface area (Å²) in [6.07, 6.45) is 1.86. The third-order valence-electron chi connectivity index (χ3n) is 1.43. The van der Waals surface area contributed by atoms with Gasteiger partial charge in [-0.2, -0.15) is 0 Å². The van der Waals surface area contributed by atoms with E-state index in [-0.39, 0.29) is 11.4 Å². The quantitative estimate of drug-likeness (QED) is 0.330. The van der Waals surface area contributed by atoms with Gasteiger partial charge in [-0.25, -0.2) is 0 Å². The van der Waals surface area contributed by atoms with Crippen molar-refractivity contribution in [3.8, 4) is 0 Å². The first-order valence-corrected chi connectivity index (χ1v) is 4.45. The predicted octanol–water partition coefficient (Wildman–Crippen LogP) is 1.90. The Hall–Kier alpha value is -1.23. The Morgan fingerprint density at radius 3 is 2.75 bits per heavy atom. The second-order valence-corrected chi connectivity index (χ2v) is 3.06. The molecule has 0 bridgehead atoms. The van der Waals surface area contributed by atoms with Crippen LogP contribution >= 0.6 is 11.8 Å². The number of nitrogens with zero attached hydrogens (tertiary/aromatic N) is 1. The van der Waals surface area contributed by atoms with Gasteiger partial charge in [0.25, 0.3) is 5.69 Å². The highest BCUT2D eigenvalue weighted by atomic mass is 32.2. The number of nitrogens with two attached hydrogens (primary N) is 1. The number of nitro groups is 1. The van der Waals surface area contributed by atoms with Crippen molar-refractivity contribution >= 4 is 23.1 Å². The third-order valence-corrected chi connectivity index (χ3v) is 2.16. The van der Waals surface area contributed by atoms with Crippen LogP contribution in [0.4, 0.5) is 11.4 Å². The van der Waals surface area contributed by atoms with Crippen molar-refractivity contribution in [1.29, 1.82) is 0 Å². The van der Waals surface area contributed by atoms with Gasteiger partial charge in [0.15, 0.2) is 0 Å². The van der Waals surface area contributed by atoms with Gasteiger partial charge in [-0.15, -0.1) is 11.8 Å². The average Bonchev–Trinajstić information content (AvgIpc) is 2.05. The standard InChI is InChI=1S/C7H8N2O2S/c1-12-5-2-3-6(8)7(4-5)9(10)11/h2-4H,8H2,1H3. The molecule has 1 rings (SSSR count). The van der Waals surface area contributed by atoms with Gasteiger partial charge in [-0.05, 0) is 18.4 Å². The zero-order chi connectivity index (χ0) is 9.14.